The van der Waals surface area contributed by atoms with Gasteiger partial charge in [-0.3, -0.25) is 9.48 Å². The highest BCUT2D eigenvalue weighted by atomic mass is 19.1. The van der Waals surface area contributed by atoms with Crippen LogP contribution in [0.3, 0.4) is 0 Å². The number of nitrogens with zero attached hydrogens (tertiary/aromatic N) is 4. The highest BCUT2D eigenvalue weighted by molar-refractivity contribution is 5.92. The van der Waals surface area contributed by atoms with Gasteiger partial charge < -0.3 is 9.32 Å². The summed E-state index contributed by atoms with van der Waals surface area (Å²) in [6, 6.07) is 6.36. The van der Waals surface area contributed by atoms with Gasteiger partial charge in [0.2, 0.25) is 5.76 Å². The summed E-state index contributed by atoms with van der Waals surface area (Å²) in [7, 11) is 0. The van der Waals surface area contributed by atoms with E-state index in [9.17, 15) is 9.18 Å². The van der Waals surface area contributed by atoms with Gasteiger partial charge in [0.05, 0.1) is 30.7 Å². The lowest BCUT2D eigenvalue weighted by Crippen LogP contribution is -2.26. The largest absolute Gasteiger partial charge is 0.435 e. The van der Waals surface area contributed by atoms with Gasteiger partial charge in [0.25, 0.3) is 5.91 Å². The Bertz CT molecular complexity index is 959. The molecule has 0 radical (unpaired) electrons. The zero-order chi connectivity index (χ0) is 18.3. The third kappa shape index (κ3) is 2.89. The fourth-order valence-electron chi connectivity index (χ4n) is 3.20. The maximum Gasteiger partial charge on any atom is 0.292 e. The lowest BCUT2D eigenvalue weighted by molar-refractivity contribution is 0.0713. The van der Waals surface area contributed by atoms with Crippen LogP contribution in [0.2, 0.25) is 0 Å². The first-order valence-corrected chi connectivity index (χ1v) is 8.58. The summed E-state index contributed by atoms with van der Waals surface area (Å²) in [5.41, 5.74) is 3.60. The van der Waals surface area contributed by atoms with Crippen LogP contribution in [0.5, 0.6) is 0 Å². The topological polar surface area (TPSA) is 64.2 Å². The van der Waals surface area contributed by atoms with E-state index >= 15 is 0 Å². The molecule has 1 aliphatic heterocycles. The van der Waals surface area contributed by atoms with Crippen molar-refractivity contribution in [1.29, 1.82) is 0 Å². The van der Waals surface area contributed by atoms with Gasteiger partial charge in [0.15, 0.2) is 5.89 Å². The number of halogens is 1. The van der Waals surface area contributed by atoms with E-state index in [1.165, 1.54) is 12.1 Å². The number of hydrogen-bond donors (Lipinski definition) is 0. The van der Waals surface area contributed by atoms with Crippen molar-refractivity contribution < 1.29 is 13.6 Å². The van der Waals surface area contributed by atoms with Crippen molar-refractivity contribution in [3.8, 4) is 0 Å². The Labute approximate surface area is 150 Å². The predicted octanol–water partition coefficient (Wildman–Crippen LogP) is 3.09. The first-order valence-electron chi connectivity index (χ1n) is 8.58. The van der Waals surface area contributed by atoms with E-state index in [4.69, 9.17) is 4.42 Å². The standard InChI is InChI=1S/C19H19FN4O2/c1-3-17-22-12(2)18(26-17)19(25)23-10-14-8-21-24(16(14)11-23)9-13-4-6-15(20)7-5-13/h4-8H,3,9-11H2,1-2H3. The summed E-state index contributed by atoms with van der Waals surface area (Å²) < 4.78 is 20.5. The van der Waals surface area contributed by atoms with Gasteiger partial charge in [-0.1, -0.05) is 19.1 Å². The van der Waals surface area contributed by atoms with Gasteiger partial charge in [-0.25, -0.2) is 9.37 Å². The molecule has 0 unspecified atom stereocenters. The highest BCUT2D eigenvalue weighted by Gasteiger charge is 2.30. The number of fused-ring (bicyclic) bond motifs is 1. The minimum Gasteiger partial charge on any atom is -0.435 e. The molecule has 7 heteroatoms. The van der Waals surface area contributed by atoms with Crippen LogP contribution in [0, 0.1) is 12.7 Å². The molecule has 0 saturated heterocycles. The minimum absolute atomic E-state index is 0.153. The normalized spacial score (nSPS) is 13.3. The molecule has 2 aromatic heterocycles. The van der Waals surface area contributed by atoms with E-state index in [-0.39, 0.29) is 11.7 Å². The van der Waals surface area contributed by atoms with Crippen molar-refractivity contribution >= 4 is 5.91 Å². The van der Waals surface area contributed by atoms with Crippen LogP contribution in [0.15, 0.2) is 34.9 Å². The van der Waals surface area contributed by atoms with Crippen LogP contribution in [0.1, 0.15) is 45.9 Å². The van der Waals surface area contributed by atoms with E-state index in [2.05, 4.69) is 10.1 Å². The van der Waals surface area contributed by atoms with Crippen LogP contribution in [-0.2, 0) is 26.1 Å². The fourth-order valence-corrected chi connectivity index (χ4v) is 3.20. The molecule has 0 spiro atoms. The Kier molecular flexibility index (Phi) is 4.06. The van der Waals surface area contributed by atoms with Crippen LogP contribution in [-0.4, -0.2) is 25.6 Å². The number of aromatic nitrogens is 3. The Morgan fingerprint density at radius 2 is 2.04 bits per heavy atom. The van der Waals surface area contributed by atoms with Gasteiger partial charge in [0, 0.05) is 18.5 Å². The zero-order valence-corrected chi connectivity index (χ0v) is 14.7. The Balaban J connectivity index is 1.52. The molecular formula is C19H19FN4O2. The molecule has 0 saturated carbocycles. The van der Waals surface area contributed by atoms with Gasteiger partial charge in [-0.05, 0) is 24.6 Å². The maximum absolute atomic E-state index is 13.1. The number of aryl methyl sites for hydroxylation is 2. The SMILES string of the molecule is CCc1nc(C)c(C(=O)N2Cc3cnn(Cc4ccc(F)cc4)c3C2)o1. The van der Waals surface area contributed by atoms with Crippen molar-refractivity contribution in [3.05, 3.63) is 70.4 Å². The molecule has 1 amide bonds. The second-order valence-corrected chi connectivity index (χ2v) is 6.44. The van der Waals surface area contributed by atoms with Gasteiger partial charge >= 0.3 is 0 Å². The molecule has 1 aliphatic rings. The number of hydrogen-bond acceptors (Lipinski definition) is 4. The second-order valence-electron chi connectivity index (χ2n) is 6.44. The molecule has 134 valence electrons. The number of rotatable bonds is 4. The van der Waals surface area contributed by atoms with Gasteiger partial charge in [-0.2, -0.15) is 5.10 Å². The highest BCUT2D eigenvalue weighted by Crippen LogP contribution is 2.26. The molecule has 3 aromatic rings. The molecule has 3 heterocycles. The third-order valence-corrected chi connectivity index (χ3v) is 4.61. The molecule has 0 N–H and O–H groups in total. The molecule has 0 bridgehead atoms. The number of benzene rings is 1. The molecule has 0 atom stereocenters. The predicted molar refractivity (Wildman–Crippen MR) is 91.9 cm³/mol. The summed E-state index contributed by atoms with van der Waals surface area (Å²) in [5, 5.41) is 4.41. The van der Waals surface area contributed by atoms with Crippen molar-refractivity contribution in [1.82, 2.24) is 19.7 Å². The van der Waals surface area contributed by atoms with Crippen molar-refractivity contribution in [3.63, 3.8) is 0 Å². The zero-order valence-electron chi connectivity index (χ0n) is 14.7. The molecule has 0 aliphatic carbocycles. The number of carbonyl (C=O) groups excluding carboxylic acids is 1. The summed E-state index contributed by atoms with van der Waals surface area (Å²) in [6.45, 7) is 5.24. The lowest BCUT2D eigenvalue weighted by Gasteiger charge is -2.15. The quantitative estimate of drug-likeness (QED) is 0.722. The van der Waals surface area contributed by atoms with E-state index in [0.717, 1.165) is 16.8 Å². The van der Waals surface area contributed by atoms with E-state index in [1.54, 1.807) is 30.2 Å². The number of oxazole rings is 1. The molecule has 26 heavy (non-hydrogen) atoms. The lowest BCUT2D eigenvalue weighted by atomic mass is 10.2. The summed E-state index contributed by atoms with van der Waals surface area (Å²) in [6.07, 6.45) is 2.44. The van der Waals surface area contributed by atoms with Gasteiger partial charge in [-0.15, -0.1) is 0 Å². The Morgan fingerprint density at radius 3 is 2.73 bits per heavy atom. The first kappa shape index (κ1) is 16.5. The summed E-state index contributed by atoms with van der Waals surface area (Å²) >= 11 is 0. The summed E-state index contributed by atoms with van der Waals surface area (Å²) in [4.78, 5) is 18.8. The smallest absolute Gasteiger partial charge is 0.292 e. The third-order valence-electron chi connectivity index (χ3n) is 4.61. The molecule has 6 nitrogen and oxygen atoms in total. The van der Waals surface area contributed by atoms with Crippen LogP contribution in [0.25, 0.3) is 0 Å². The van der Waals surface area contributed by atoms with E-state index < -0.39 is 0 Å². The second kappa shape index (κ2) is 6.40. The number of amides is 1. The average molecular weight is 354 g/mol. The molecule has 1 aromatic carbocycles. The van der Waals surface area contributed by atoms with E-state index in [1.807, 2.05) is 11.6 Å². The van der Waals surface area contributed by atoms with Crippen LogP contribution < -0.4 is 0 Å². The van der Waals surface area contributed by atoms with Crippen molar-refractivity contribution in [2.75, 3.05) is 0 Å². The molecular weight excluding hydrogens is 335 g/mol. The van der Waals surface area contributed by atoms with E-state index in [0.29, 0.717) is 43.4 Å². The molecule has 0 fully saturated rings. The van der Waals surface area contributed by atoms with Crippen molar-refractivity contribution in [2.45, 2.75) is 39.9 Å². The van der Waals surface area contributed by atoms with Gasteiger partial charge in [0.1, 0.15) is 5.82 Å². The summed E-state index contributed by atoms with van der Waals surface area (Å²) in [5.74, 6) is 0.472. The fraction of sp³-hybridized carbons (Fsp3) is 0.316. The number of carbonyl (C=O) groups is 1. The minimum atomic E-state index is -0.259. The van der Waals surface area contributed by atoms with Crippen LogP contribution >= 0.6 is 0 Å². The first-order chi connectivity index (χ1) is 12.5. The monoisotopic (exact) mass is 354 g/mol. The maximum atomic E-state index is 13.1. The van der Waals surface area contributed by atoms with Crippen LogP contribution in [0.4, 0.5) is 4.39 Å². The Morgan fingerprint density at radius 1 is 1.27 bits per heavy atom. The average Bonchev–Trinajstić information content (AvgIpc) is 3.31. The molecule has 4 rings (SSSR count). The Hall–Kier alpha value is -2.96. The van der Waals surface area contributed by atoms with Crippen molar-refractivity contribution in [2.24, 2.45) is 0 Å².